The van der Waals surface area contributed by atoms with Gasteiger partial charge in [-0.3, -0.25) is 15.0 Å². The lowest BCUT2D eigenvalue weighted by molar-refractivity contribution is -0.126. The Hall–Kier alpha value is -1.82. The Morgan fingerprint density at radius 2 is 2.25 bits per heavy atom. The van der Waals surface area contributed by atoms with Gasteiger partial charge >= 0.3 is 0 Å². The van der Waals surface area contributed by atoms with Crippen LogP contribution in [0.1, 0.15) is 39.3 Å². The second-order valence-electron chi connectivity index (χ2n) is 5.74. The summed E-state index contributed by atoms with van der Waals surface area (Å²) in [5.74, 6) is 0.142. The van der Waals surface area contributed by atoms with E-state index in [0.717, 1.165) is 19.1 Å². The number of aliphatic hydroxyl groups is 1. The lowest BCUT2D eigenvalue weighted by Crippen LogP contribution is -2.51. The Balaban J connectivity index is 2.05. The molecule has 1 fully saturated rings. The van der Waals surface area contributed by atoms with E-state index in [4.69, 9.17) is 9.63 Å². The standard InChI is InChI=1S/C14H21N3O3/c1-9(8-18)11-7-12(20-16-11)15-13(19)14(2,3)17(4)10-5-6-10/h7-8,10,18H,5-6H2,1-4H3,(H,15,19)/b9-8+. The number of nitrogens with zero attached hydrogens (tertiary/aromatic N) is 2. The van der Waals surface area contributed by atoms with Crippen LogP contribution in [0.3, 0.4) is 0 Å². The van der Waals surface area contributed by atoms with Crippen LogP contribution in [0.15, 0.2) is 16.9 Å². The molecule has 0 aromatic carbocycles. The van der Waals surface area contributed by atoms with Crippen LogP contribution >= 0.6 is 0 Å². The van der Waals surface area contributed by atoms with Gasteiger partial charge in [0.25, 0.3) is 0 Å². The molecule has 1 amide bonds. The molecule has 1 heterocycles. The molecule has 2 rings (SSSR count). The molecule has 1 aromatic rings. The summed E-state index contributed by atoms with van der Waals surface area (Å²) >= 11 is 0. The summed E-state index contributed by atoms with van der Waals surface area (Å²) in [5.41, 5.74) is 0.454. The number of amides is 1. The molecule has 0 aliphatic heterocycles. The third-order valence-electron chi connectivity index (χ3n) is 3.88. The summed E-state index contributed by atoms with van der Waals surface area (Å²) in [5, 5.41) is 15.4. The highest BCUT2D eigenvalue weighted by Crippen LogP contribution is 2.31. The van der Waals surface area contributed by atoms with Crippen LogP contribution < -0.4 is 5.32 Å². The number of carbonyl (C=O) groups is 1. The first kappa shape index (κ1) is 14.6. The topological polar surface area (TPSA) is 78.6 Å². The number of anilines is 1. The zero-order chi connectivity index (χ0) is 14.9. The third-order valence-corrected chi connectivity index (χ3v) is 3.88. The van der Waals surface area contributed by atoms with Crippen LogP contribution in [0.25, 0.3) is 5.57 Å². The molecule has 0 unspecified atom stereocenters. The largest absolute Gasteiger partial charge is 0.515 e. The first-order valence-corrected chi connectivity index (χ1v) is 6.68. The van der Waals surface area contributed by atoms with Crippen molar-refractivity contribution in [3.05, 3.63) is 18.0 Å². The van der Waals surface area contributed by atoms with Gasteiger partial charge in [0, 0.05) is 17.7 Å². The van der Waals surface area contributed by atoms with Crippen LogP contribution in [-0.4, -0.2) is 39.7 Å². The lowest BCUT2D eigenvalue weighted by atomic mass is 10.0. The fraction of sp³-hybridized carbons (Fsp3) is 0.571. The molecule has 2 N–H and O–H groups in total. The second-order valence-corrected chi connectivity index (χ2v) is 5.74. The summed E-state index contributed by atoms with van der Waals surface area (Å²) in [4.78, 5) is 14.4. The van der Waals surface area contributed by atoms with Gasteiger partial charge < -0.3 is 9.63 Å². The Labute approximate surface area is 118 Å². The molecule has 110 valence electrons. The zero-order valence-corrected chi connectivity index (χ0v) is 12.3. The van der Waals surface area contributed by atoms with E-state index in [9.17, 15) is 4.79 Å². The quantitative estimate of drug-likeness (QED) is 0.809. The third kappa shape index (κ3) is 2.85. The lowest BCUT2D eigenvalue weighted by Gasteiger charge is -2.33. The molecular formula is C14H21N3O3. The molecule has 0 radical (unpaired) electrons. The summed E-state index contributed by atoms with van der Waals surface area (Å²) in [6.45, 7) is 5.47. The van der Waals surface area contributed by atoms with E-state index in [1.807, 2.05) is 20.9 Å². The van der Waals surface area contributed by atoms with Gasteiger partial charge in [-0.1, -0.05) is 5.16 Å². The van der Waals surface area contributed by atoms with Crippen molar-refractivity contribution in [3.8, 4) is 0 Å². The van der Waals surface area contributed by atoms with Crippen molar-refractivity contribution in [2.45, 2.75) is 45.2 Å². The molecule has 6 heteroatoms. The average molecular weight is 279 g/mol. The Bertz CT molecular complexity index is 530. The maximum absolute atomic E-state index is 12.4. The number of nitrogens with one attached hydrogen (secondary N) is 1. The van der Waals surface area contributed by atoms with Crippen molar-refractivity contribution in [1.29, 1.82) is 0 Å². The number of hydrogen-bond acceptors (Lipinski definition) is 5. The molecule has 0 bridgehead atoms. The number of aliphatic hydroxyl groups excluding tert-OH is 1. The van der Waals surface area contributed by atoms with E-state index in [-0.39, 0.29) is 11.8 Å². The summed E-state index contributed by atoms with van der Waals surface area (Å²) < 4.78 is 5.06. The molecule has 1 aliphatic carbocycles. The van der Waals surface area contributed by atoms with Crippen LogP contribution in [0, 0.1) is 0 Å². The van der Waals surface area contributed by atoms with Gasteiger partial charge in [0.2, 0.25) is 11.8 Å². The Kier molecular flexibility index (Phi) is 3.85. The molecule has 0 saturated heterocycles. The fourth-order valence-corrected chi connectivity index (χ4v) is 1.93. The minimum atomic E-state index is -0.615. The number of aromatic nitrogens is 1. The molecule has 1 saturated carbocycles. The highest BCUT2D eigenvalue weighted by atomic mass is 16.5. The maximum atomic E-state index is 12.4. The van der Waals surface area contributed by atoms with Crippen LogP contribution in [0.5, 0.6) is 0 Å². The molecule has 1 aromatic heterocycles. The van der Waals surface area contributed by atoms with Crippen molar-refractivity contribution in [1.82, 2.24) is 10.1 Å². The highest BCUT2D eigenvalue weighted by Gasteiger charge is 2.40. The summed E-state index contributed by atoms with van der Waals surface area (Å²) in [6, 6.07) is 2.08. The molecule has 0 spiro atoms. The molecule has 20 heavy (non-hydrogen) atoms. The van der Waals surface area contributed by atoms with Crippen LogP contribution in [0.2, 0.25) is 0 Å². The number of hydrogen-bond donors (Lipinski definition) is 2. The van der Waals surface area contributed by atoms with Gasteiger partial charge in [-0.15, -0.1) is 0 Å². The van der Waals surface area contributed by atoms with Crippen molar-refractivity contribution in [2.24, 2.45) is 0 Å². The summed E-state index contributed by atoms with van der Waals surface area (Å²) in [7, 11) is 1.96. The van der Waals surface area contributed by atoms with E-state index in [1.54, 1.807) is 13.0 Å². The number of rotatable bonds is 5. The van der Waals surface area contributed by atoms with Gasteiger partial charge in [-0.2, -0.15) is 0 Å². The SMILES string of the molecule is C/C(=C\O)c1cc(NC(=O)C(C)(C)N(C)C2CC2)on1. The number of allylic oxidation sites excluding steroid dienone is 1. The predicted octanol–water partition coefficient (Wildman–Crippen LogP) is 2.40. The maximum Gasteiger partial charge on any atom is 0.246 e. The van der Waals surface area contributed by atoms with E-state index in [0.29, 0.717) is 17.3 Å². The predicted molar refractivity (Wildman–Crippen MR) is 76.3 cm³/mol. The van der Waals surface area contributed by atoms with E-state index in [1.165, 1.54) is 0 Å². The second kappa shape index (κ2) is 5.28. The van der Waals surface area contributed by atoms with E-state index in [2.05, 4.69) is 15.4 Å². The van der Waals surface area contributed by atoms with Crippen molar-refractivity contribution < 1.29 is 14.4 Å². The Morgan fingerprint density at radius 1 is 1.60 bits per heavy atom. The zero-order valence-electron chi connectivity index (χ0n) is 12.3. The van der Waals surface area contributed by atoms with Gasteiger partial charge in [0.05, 0.1) is 11.8 Å². The Morgan fingerprint density at radius 3 is 2.80 bits per heavy atom. The van der Waals surface area contributed by atoms with Crippen LogP contribution in [0.4, 0.5) is 5.88 Å². The van der Waals surface area contributed by atoms with Crippen molar-refractivity contribution in [2.75, 3.05) is 12.4 Å². The minimum Gasteiger partial charge on any atom is -0.515 e. The van der Waals surface area contributed by atoms with Gasteiger partial charge in [0.15, 0.2) is 0 Å². The van der Waals surface area contributed by atoms with Gasteiger partial charge in [-0.25, -0.2) is 0 Å². The van der Waals surface area contributed by atoms with Crippen molar-refractivity contribution in [3.63, 3.8) is 0 Å². The monoisotopic (exact) mass is 279 g/mol. The van der Waals surface area contributed by atoms with E-state index >= 15 is 0 Å². The first-order chi connectivity index (χ1) is 9.36. The number of likely N-dealkylation sites (N-methyl/N-ethyl adjacent to an activating group) is 1. The highest BCUT2D eigenvalue weighted by molar-refractivity contribution is 5.96. The summed E-state index contributed by atoms with van der Waals surface area (Å²) in [6.07, 6.45) is 3.23. The smallest absolute Gasteiger partial charge is 0.246 e. The number of carbonyl (C=O) groups excluding carboxylic acids is 1. The average Bonchev–Trinajstić information content (AvgIpc) is 3.16. The normalized spacial score (nSPS) is 16.6. The molecular weight excluding hydrogens is 258 g/mol. The van der Waals surface area contributed by atoms with Crippen LogP contribution in [-0.2, 0) is 4.79 Å². The van der Waals surface area contributed by atoms with E-state index < -0.39 is 5.54 Å². The van der Waals surface area contributed by atoms with Gasteiger partial charge in [0.1, 0.15) is 5.69 Å². The molecule has 0 atom stereocenters. The van der Waals surface area contributed by atoms with Crippen molar-refractivity contribution >= 4 is 17.4 Å². The molecule has 1 aliphatic rings. The first-order valence-electron chi connectivity index (χ1n) is 6.68. The molecule has 6 nitrogen and oxygen atoms in total. The minimum absolute atomic E-state index is 0.139. The van der Waals surface area contributed by atoms with Gasteiger partial charge in [-0.05, 0) is 40.7 Å². The fourth-order valence-electron chi connectivity index (χ4n) is 1.93.